The summed E-state index contributed by atoms with van der Waals surface area (Å²) in [5.74, 6) is 0.871. The van der Waals surface area contributed by atoms with Crippen LogP contribution in [-0.4, -0.2) is 31.1 Å². The number of nitrogens with one attached hydrogen (secondary N) is 1. The van der Waals surface area contributed by atoms with Gasteiger partial charge in [0.1, 0.15) is 0 Å². The normalized spacial score (nSPS) is 18.4. The summed E-state index contributed by atoms with van der Waals surface area (Å²) in [5.41, 5.74) is 2.80. The van der Waals surface area contributed by atoms with Gasteiger partial charge in [-0.2, -0.15) is 0 Å². The molecule has 1 heterocycles. The minimum absolute atomic E-state index is 0.533. The first-order valence-corrected chi connectivity index (χ1v) is 8.22. The molecule has 1 aromatic rings. The Hall–Kier alpha value is -0.860. The molecule has 1 aliphatic heterocycles. The first-order valence-electron chi connectivity index (χ1n) is 8.22. The van der Waals surface area contributed by atoms with Gasteiger partial charge >= 0.3 is 0 Å². The van der Waals surface area contributed by atoms with Crippen LogP contribution in [0.2, 0.25) is 0 Å². The molecule has 2 nitrogen and oxygen atoms in total. The van der Waals surface area contributed by atoms with Gasteiger partial charge in [0.2, 0.25) is 0 Å². The molecule has 1 aromatic carbocycles. The van der Waals surface area contributed by atoms with Crippen molar-refractivity contribution < 1.29 is 0 Å². The molecule has 2 rings (SSSR count). The van der Waals surface area contributed by atoms with E-state index < -0.39 is 0 Å². The topological polar surface area (TPSA) is 15.3 Å². The largest absolute Gasteiger partial charge is 0.317 e. The van der Waals surface area contributed by atoms with E-state index in [2.05, 4.69) is 55.3 Å². The lowest BCUT2D eigenvalue weighted by Gasteiger charge is -2.34. The molecule has 1 unspecified atom stereocenters. The highest BCUT2D eigenvalue weighted by Gasteiger charge is 2.21. The van der Waals surface area contributed by atoms with Gasteiger partial charge in [-0.3, -0.25) is 4.90 Å². The monoisotopic (exact) mass is 274 g/mol. The molecule has 0 spiro atoms. The number of benzene rings is 1. The molecule has 0 amide bonds. The summed E-state index contributed by atoms with van der Waals surface area (Å²) < 4.78 is 0. The fourth-order valence-electron chi connectivity index (χ4n) is 3.18. The molecule has 0 aliphatic carbocycles. The van der Waals surface area contributed by atoms with E-state index in [1.54, 1.807) is 0 Å². The van der Waals surface area contributed by atoms with Gasteiger partial charge in [0.15, 0.2) is 0 Å². The molecule has 1 saturated heterocycles. The third kappa shape index (κ3) is 4.32. The van der Waals surface area contributed by atoms with Gasteiger partial charge in [-0.25, -0.2) is 0 Å². The maximum Gasteiger partial charge on any atom is 0.0319 e. The summed E-state index contributed by atoms with van der Waals surface area (Å²) in [6.45, 7) is 11.7. The molecule has 0 radical (unpaired) electrons. The Bertz CT molecular complexity index is 379. The average Bonchev–Trinajstić information content (AvgIpc) is 2.48. The molecule has 2 heteroatoms. The van der Waals surface area contributed by atoms with Gasteiger partial charge in [0.25, 0.3) is 0 Å². The van der Waals surface area contributed by atoms with Gasteiger partial charge in [-0.1, -0.05) is 36.8 Å². The van der Waals surface area contributed by atoms with Crippen molar-refractivity contribution in [2.24, 2.45) is 5.92 Å². The summed E-state index contributed by atoms with van der Waals surface area (Å²) in [6.07, 6.45) is 3.91. The molecule has 1 aliphatic rings. The van der Waals surface area contributed by atoms with Crippen LogP contribution in [0.15, 0.2) is 24.3 Å². The SMILES string of the molecule is CCCN(CC1CCNCC1)C(C)c1ccc(C)cc1. The number of rotatable bonds is 6. The van der Waals surface area contributed by atoms with Crippen molar-refractivity contribution in [3.05, 3.63) is 35.4 Å². The van der Waals surface area contributed by atoms with Crippen molar-refractivity contribution in [3.8, 4) is 0 Å². The Morgan fingerprint density at radius 3 is 2.45 bits per heavy atom. The highest BCUT2D eigenvalue weighted by molar-refractivity contribution is 5.23. The smallest absolute Gasteiger partial charge is 0.0319 e. The summed E-state index contributed by atoms with van der Waals surface area (Å²) in [6, 6.07) is 9.60. The van der Waals surface area contributed by atoms with E-state index in [1.807, 2.05) is 0 Å². The Morgan fingerprint density at radius 1 is 1.20 bits per heavy atom. The van der Waals surface area contributed by atoms with Crippen LogP contribution in [0.5, 0.6) is 0 Å². The average molecular weight is 274 g/mol. The van der Waals surface area contributed by atoms with E-state index >= 15 is 0 Å². The minimum atomic E-state index is 0.533. The van der Waals surface area contributed by atoms with E-state index in [1.165, 1.54) is 56.6 Å². The van der Waals surface area contributed by atoms with Crippen molar-refractivity contribution in [1.29, 1.82) is 0 Å². The lowest BCUT2D eigenvalue weighted by molar-refractivity contribution is 0.161. The van der Waals surface area contributed by atoms with Crippen LogP contribution in [0, 0.1) is 12.8 Å². The van der Waals surface area contributed by atoms with Gasteiger partial charge in [0.05, 0.1) is 0 Å². The maximum atomic E-state index is 3.47. The predicted molar refractivity (Wildman–Crippen MR) is 87.1 cm³/mol. The van der Waals surface area contributed by atoms with Crippen molar-refractivity contribution >= 4 is 0 Å². The minimum Gasteiger partial charge on any atom is -0.317 e. The second kappa shape index (κ2) is 7.80. The maximum absolute atomic E-state index is 3.47. The highest BCUT2D eigenvalue weighted by atomic mass is 15.2. The number of aryl methyl sites for hydroxylation is 1. The first-order chi connectivity index (χ1) is 9.70. The third-order valence-electron chi connectivity index (χ3n) is 4.57. The number of piperidine rings is 1. The van der Waals surface area contributed by atoms with Crippen LogP contribution < -0.4 is 5.32 Å². The summed E-state index contributed by atoms with van der Waals surface area (Å²) >= 11 is 0. The fraction of sp³-hybridized carbons (Fsp3) is 0.667. The summed E-state index contributed by atoms with van der Waals surface area (Å²) in [5, 5.41) is 3.47. The molecular formula is C18H30N2. The number of hydrogen-bond acceptors (Lipinski definition) is 2. The molecule has 1 fully saturated rings. The van der Waals surface area contributed by atoms with Gasteiger partial charge < -0.3 is 5.32 Å². The van der Waals surface area contributed by atoms with Crippen LogP contribution in [0.25, 0.3) is 0 Å². The Kier molecular flexibility index (Phi) is 6.06. The molecule has 0 bridgehead atoms. The van der Waals surface area contributed by atoms with E-state index in [-0.39, 0.29) is 0 Å². The van der Waals surface area contributed by atoms with Crippen LogP contribution >= 0.6 is 0 Å². The molecule has 0 saturated carbocycles. The van der Waals surface area contributed by atoms with Crippen LogP contribution in [0.1, 0.15) is 50.3 Å². The van der Waals surface area contributed by atoms with Crippen molar-refractivity contribution in [3.63, 3.8) is 0 Å². The highest BCUT2D eigenvalue weighted by Crippen LogP contribution is 2.24. The Balaban J connectivity index is 2.00. The fourth-order valence-corrected chi connectivity index (χ4v) is 3.18. The van der Waals surface area contributed by atoms with E-state index in [4.69, 9.17) is 0 Å². The van der Waals surface area contributed by atoms with Crippen molar-refractivity contribution in [2.45, 2.75) is 46.1 Å². The first kappa shape index (κ1) is 15.5. The molecule has 1 N–H and O–H groups in total. The molecule has 20 heavy (non-hydrogen) atoms. The van der Waals surface area contributed by atoms with Crippen LogP contribution in [-0.2, 0) is 0 Å². The zero-order valence-electron chi connectivity index (χ0n) is 13.4. The zero-order valence-corrected chi connectivity index (χ0v) is 13.4. The van der Waals surface area contributed by atoms with E-state index in [9.17, 15) is 0 Å². The predicted octanol–water partition coefficient (Wildman–Crippen LogP) is 3.77. The second-order valence-corrected chi connectivity index (χ2v) is 6.27. The standard InChI is InChI=1S/C18H30N2/c1-4-13-20(14-17-9-11-19-12-10-17)16(3)18-7-5-15(2)6-8-18/h5-8,16-17,19H,4,9-14H2,1-3H3. The second-order valence-electron chi connectivity index (χ2n) is 6.27. The van der Waals surface area contributed by atoms with E-state index in [0.717, 1.165) is 5.92 Å². The molecule has 112 valence electrons. The van der Waals surface area contributed by atoms with Gasteiger partial charge in [-0.05, 0) is 64.2 Å². The molecule has 1 atom stereocenters. The van der Waals surface area contributed by atoms with E-state index in [0.29, 0.717) is 6.04 Å². The van der Waals surface area contributed by atoms with Crippen molar-refractivity contribution in [1.82, 2.24) is 10.2 Å². The summed E-state index contributed by atoms with van der Waals surface area (Å²) in [4.78, 5) is 2.68. The Labute approximate surface area is 124 Å². The lowest BCUT2D eigenvalue weighted by atomic mass is 9.95. The lowest BCUT2D eigenvalue weighted by Crippen LogP contribution is -2.37. The Morgan fingerprint density at radius 2 is 1.85 bits per heavy atom. The zero-order chi connectivity index (χ0) is 14.4. The molecular weight excluding hydrogens is 244 g/mol. The van der Waals surface area contributed by atoms with Gasteiger partial charge in [0, 0.05) is 12.6 Å². The van der Waals surface area contributed by atoms with Crippen LogP contribution in [0.4, 0.5) is 0 Å². The number of nitrogens with zero attached hydrogens (tertiary/aromatic N) is 1. The quantitative estimate of drug-likeness (QED) is 0.849. The van der Waals surface area contributed by atoms with Crippen molar-refractivity contribution in [2.75, 3.05) is 26.2 Å². The summed E-state index contributed by atoms with van der Waals surface area (Å²) in [7, 11) is 0. The third-order valence-corrected chi connectivity index (χ3v) is 4.57. The number of hydrogen-bond donors (Lipinski definition) is 1. The molecule has 0 aromatic heterocycles. The van der Waals surface area contributed by atoms with Gasteiger partial charge in [-0.15, -0.1) is 0 Å². The van der Waals surface area contributed by atoms with Crippen LogP contribution in [0.3, 0.4) is 0 Å².